The third-order valence-corrected chi connectivity index (χ3v) is 6.46. The number of benzene rings is 2. The predicted molar refractivity (Wildman–Crippen MR) is 113 cm³/mol. The highest BCUT2D eigenvalue weighted by atomic mass is 16.7. The maximum absolute atomic E-state index is 12.3. The van der Waals surface area contributed by atoms with Crippen molar-refractivity contribution in [3.8, 4) is 45.6 Å². The molecule has 32 heavy (non-hydrogen) atoms. The summed E-state index contributed by atoms with van der Waals surface area (Å²) >= 11 is 0. The van der Waals surface area contributed by atoms with Crippen molar-refractivity contribution < 1.29 is 43.8 Å². The Hall–Kier alpha value is -3.33. The second kappa shape index (κ2) is 7.98. The van der Waals surface area contributed by atoms with Crippen molar-refractivity contribution in [1.82, 2.24) is 0 Å². The number of ether oxygens (including phenoxy) is 5. The molecule has 9 nitrogen and oxygen atoms in total. The standard InChI is InChI=1S/C23H26O9/c1-9-6-11-14(21(29-4)22(30-5)18(25)16(11)23(26)27)15-12(17(24)10(9)2)7-13-19(20(15)28-3)32-8-31-13/h7,9-10,17,24-25H,6,8H2,1-5H3,(H,26,27)/t9-,10+,17-/m1/s1. The molecule has 0 aromatic heterocycles. The molecule has 2 aromatic rings. The lowest BCUT2D eigenvalue weighted by molar-refractivity contribution is 0.0689. The molecular formula is C23H26O9. The lowest BCUT2D eigenvalue weighted by Crippen LogP contribution is -2.24. The molecule has 0 saturated carbocycles. The molecule has 0 fully saturated rings. The summed E-state index contributed by atoms with van der Waals surface area (Å²) in [7, 11) is 4.17. The van der Waals surface area contributed by atoms with E-state index >= 15 is 0 Å². The second-order valence-corrected chi connectivity index (χ2v) is 8.04. The summed E-state index contributed by atoms with van der Waals surface area (Å²) < 4.78 is 27.9. The van der Waals surface area contributed by atoms with Crippen LogP contribution >= 0.6 is 0 Å². The van der Waals surface area contributed by atoms with Gasteiger partial charge < -0.3 is 39.0 Å². The highest BCUT2D eigenvalue weighted by Crippen LogP contribution is 2.59. The molecule has 1 aliphatic heterocycles. The van der Waals surface area contributed by atoms with Crippen LogP contribution in [-0.2, 0) is 6.42 Å². The normalized spacial score (nSPS) is 21.1. The summed E-state index contributed by atoms with van der Waals surface area (Å²) in [6.45, 7) is 3.80. The first-order chi connectivity index (χ1) is 15.3. The number of phenols is 1. The topological polar surface area (TPSA) is 124 Å². The molecule has 172 valence electrons. The third-order valence-electron chi connectivity index (χ3n) is 6.46. The van der Waals surface area contributed by atoms with E-state index in [9.17, 15) is 20.1 Å². The zero-order valence-corrected chi connectivity index (χ0v) is 18.5. The lowest BCUT2D eigenvalue weighted by atomic mass is 9.74. The monoisotopic (exact) mass is 446 g/mol. The number of aliphatic hydroxyl groups excluding tert-OH is 1. The number of fused-ring (bicyclic) bond motifs is 4. The number of aromatic carboxylic acids is 1. The van der Waals surface area contributed by atoms with Gasteiger partial charge in [0.25, 0.3) is 0 Å². The van der Waals surface area contributed by atoms with E-state index < -0.39 is 17.8 Å². The minimum absolute atomic E-state index is 0.0140. The van der Waals surface area contributed by atoms with Crippen LogP contribution in [0.3, 0.4) is 0 Å². The molecular weight excluding hydrogens is 420 g/mol. The SMILES string of the molecule is COc1c(O)c(C(=O)O)c2c(c1OC)-c1c(cc3c(c1OC)OCO3)[C@H](O)[C@@H](C)[C@H](C)C2. The van der Waals surface area contributed by atoms with Crippen LogP contribution in [0.2, 0.25) is 0 Å². The van der Waals surface area contributed by atoms with Gasteiger partial charge in [-0.25, -0.2) is 4.79 Å². The first-order valence-electron chi connectivity index (χ1n) is 10.2. The smallest absolute Gasteiger partial charge is 0.339 e. The van der Waals surface area contributed by atoms with Crippen molar-refractivity contribution in [3.63, 3.8) is 0 Å². The maximum Gasteiger partial charge on any atom is 0.339 e. The average molecular weight is 446 g/mol. The molecule has 2 aromatic carbocycles. The first kappa shape index (κ1) is 21.9. The zero-order chi connectivity index (χ0) is 23.3. The molecule has 4 rings (SSSR count). The average Bonchev–Trinajstić information content (AvgIpc) is 3.24. The fourth-order valence-electron chi connectivity index (χ4n) is 4.64. The van der Waals surface area contributed by atoms with Gasteiger partial charge in [-0.15, -0.1) is 0 Å². The fraction of sp³-hybridized carbons (Fsp3) is 0.435. The zero-order valence-electron chi connectivity index (χ0n) is 18.5. The summed E-state index contributed by atoms with van der Waals surface area (Å²) in [6, 6.07) is 1.68. The van der Waals surface area contributed by atoms with Gasteiger partial charge in [0.15, 0.2) is 23.0 Å². The number of rotatable bonds is 4. The van der Waals surface area contributed by atoms with Gasteiger partial charge in [0, 0.05) is 11.1 Å². The number of methoxy groups -OCH3 is 3. The van der Waals surface area contributed by atoms with Crippen molar-refractivity contribution in [2.75, 3.05) is 28.1 Å². The molecule has 0 unspecified atom stereocenters. The summed E-state index contributed by atoms with van der Waals surface area (Å²) in [5.41, 5.74) is 1.34. The van der Waals surface area contributed by atoms with Gasteiger partial charge in [-0.05, 0) is 35.4 Å². The largest absolute Gasteiger partial charge is 0.504 e. The van der Waals surface area contributed by atoms with E-state index in [1.807, 2.05) is 13.8 Å². The molecule has 0 saturated heterocycles. The number of hydrogen-bond acceptors (Lipinski definition) is 8. The van der Waals surface area contributed by atoms with Crippen LogP contribution < -0.4 is 23.7 Å². The van der Waals surface area contributed by atoms with Gasteiger partial charge in [-0.3, -0.25) is 0 Å². The van der Waals surface area contributed by atoms with Crippen LogP contribution in [0.15, 0.2) is 6.07 Å². The Balaban J connectivity index is 2.25. The number of carboxylic acids is 1. The molecule has 0 bridgehead atoms. The lowest BCUT2D eigenvalue weighted by Gasteiger charge is -2.33. The van der Waals surface area contributed by atoms with Crippen molar-refractivity contribution in [2.45, 2.75) is 26.4 Å². The van der Waals surface area contributed by atoms with Crippen molar-refractivity contribution >= 4 is 5.97 Å². The Bertz CT molecular complexity index is 1090. The minimum atomic E-state index is -1.30. The van der Waals surface area contributed by atoms with Crippen LogP contribution in [0.5, 0.6) is 34.5 Å². The van der Waals surface area contributed by atoms with Gasteiger partial charge in [-0.1, -0.05) is 13.8 Å². The van der Waals surface area contributed by atoms with Gasteiger partial charge >= 0.3 is 5.97 Å². The summed E-state index contributed by atoms with van der Waals surface area (Å²) in [5, 5.41) is 32.1. The third kappa shape index (κ3) is 2.99. The van der Waals surface area contributed by atoms with Crippen molar-refractivity contribution in [3.05, 3.63) is 22.8 Å². The van der Waals surface area contributed by atoms with E-state index in [-0.39, 0.29) is 47.9 Å². The van der Waals surface area contributed by atoms with Gasteiger partial charge in [0.1, 0.15) is 5.56 Å². The van der Waals surface area contributed by atoms with E-state index in [4.69, 9.17) is 23.7 Å². The van der Waals surface area contributed by atoms with Crippen LogP contribution in [0.25, 0.3) is 11.1 Å². The Kier molecular flexibility index (Phi) is 5.46. The second-order valence-electron chi connectivity index (χ2n) is 8.04. The fourth-order valence-corrected chi connectivity index (χ4v) is 4.64. The summed E-state index contributed by atoms with van der Waals surface area (Å²) in [5.74, 6) is -1.14. The summed E-state index contributed by atoms with van der Waals surface area (Å²) in [4.78, 5) is 12.3. The number of carboxylic acid groups (broad SMARTS) is 1. The van der Waals surface area contributed by atoms with Crippen LogP contribution in [0, 0.1) is 11.8 Å². The van der Waals surface area contributed by atoms with E-state index in [1.165, 1.54) is 21.3 Å². The molecule has 3 atom stereocenters. The Morgan fingerprint density at radius 3 is 2.28 bits per heavy atom. The van der Waals surface area contributed by atoms with Crippen molar-refractivity contribution in [2.24, 2.45) is 11.8 Å². The molecule has 1 heterocycles. The van der Waals surface area contributed by atoms with E-state index in [0.717, 1.165) is 0 Å². The number of aliphatic hydroxyl groups is 1. The van der Waals surface area contributed by atoms with Gasteiger partial charge in [0.2, 0.25) is 18.3 Å². The highest BCUT2D eigenvalue weighted by Gasteiger charge is 2.40. The van der Waals surface area contributed by atoms with E-state index in [2.05, 4.69) is 0 Å². The number of carbonyl (C=O) groups is 1. The van der Waals surface area contributed by atoms with Crippen LogP contribution in [-0.4, -0.2) is 49.4 Å². The quantitative estimate of drug-likeness (QED) is 0.648. The minimum Gasteiger partial charge on any atom is -0.504 e. The highest BCUT2D eigenvalue weighted by molar-refractivity contribution is 6.00. The molecule has 1 aliphatic carbocycles. The number of hydrogen-bond donors (Lipinski definition) is 3. The molecule has 0 radical (unpaired) electrons. The molecule has 2 aliphatic rings. The Labute approximate surface area is 185 Å². The van der Waals surface area contributed by atoms with Gasteiger partial charge in [-0.2, -0.15) is 0 Å². The molecule has 0 amide bonds. The molecule has 9 heteroatoms. The predicted octanol–water partition coefficient (Wildman–Crippen LogP) is 3.37. The Morgan fingerprint density at radius 2 is 1.69 bits per heavy atom. The van der Waals surface area contributed by atoms with Crippen LogP contribution in [0.4, 0.5) is 0 Å². The van der Waals surface area contributed by atoms with Gasteiger partial charge in [0.05, 0.1) is 27.4 Å². The summed E-state index contributed by atoms with van der Waals surface area (Å²) in [6.07, 6.45) is -0.644. The van der Waals surface area contributed by atoms with E-state index in [0.29, 0.717) is 33.8 Å². The molecule has 3 N–H and O–H groups in total. The Morgan fingerprint density at radius 1 is 1.03 bits per heavy atom. The maximum atomic E-state index is 12.3. The van der Waals surface area contributed by atoms with Crippen molar-refractivity contribution in [1.29, 1.82) is 0 Å². The molecule has 0 spiro atoms. The van der Waals surface area contributed by atoms with Crippen LogP contribution in [0.1, 0.15) is 41.4 Å². The van der Waals surface area contributed by atoms with E-state index in [1.54, 1.807) is 6.07 Å². The first-order valence-corrected chi connectivity index (χ1v) is 10.2. The number of aromatic hydroxyl groups is 1.